The van der Waals surface area contributed by atoms with Gasteiger partial charge in [0, 0.05) is 51.2 Å². The molecule has 0 amide bonds. The van der Waals surface area contributed by atoms with Crippen LogP contribution in [0.2, 0.25) is 5.02 Å². The molecule has 0 atom stereocenters. The summed E-state index contributed by atoms with van der Waals surface area (Å²) < 4.78 is 0. The van der Waals surface area contributed by atoms with Gasteiger partial charge in [0.25, 0.3) is 0 Å². The van der Waals surface area contributed by atoms with E-state index in [-0.39, 0.29) is 0 Å². The van der Waals surface area contributed by atoms with Crippen LogP contribution < -0.4 is 10.6 Å². The quantitative estimate of drug-likeness (QED) is 0.657. The van der Waals surface area contributed by atoms with Gasteiger partial charge in [-0.3, -0.25) is 0 Å². The van der Waals surface area contributed by atoms with Crippen LogP contribution in [-0.2, 0) is 13.0 Å². The molecule has 1 aliphatic rings. The molecular weight excluding hydrogens is 320 g/mol. The van der Waals surface area contributed by atoms with Gasteiger partial charge in [-0.2, -0.15) is 0 Å². The molecular formula is C19H19ClN4. The van der Waals surface area contributed by atoms with Gasteiger partial charge in [-0.05, 0) is 43.2 Å². The van der Waals surface area contributed by atoms with Crippen molar-refractivity contribution in [2.24, 2.45) is 0 Å². The molecule has 1 aliphatic heterocycles. The lowest BCUT2D eigenvalue weighted by atomic mass is 10.0. The minimum atomic E-state index is 0.725. The van der Waals surface area contributed by atoms with Crippen LogP contribution in [0, 0.1) is 0 Å². The molecule has 0 saturated heterocycles. The number of benzene rings is 1. The summed E-state index contributed by atoms with van der Waals surface area (Å²) in [7, 11) is 0. The Morgan fingerprint density at radius 3 is 3.04 bits per heavy atom. The summed E-state index contributed by atoms with van der Waals surface area (Å²) in [5, 5.41) is 8.37. The van der Waals surface area contributed by atoms with E-state index in [1.165, 1.54) is 5.56 Å². The first-order chi connectivity index (χ1) is 11.6. The number of hydrogen-bond acceptors (Lipinski definition) is 3. The van der Waals surface area contributed by atoms with Crippen LogP contribution in [-0.4, -0.2) is 16.5 Å². The maximum Gasteiger partial charge on any atom is 0.129 e. The van der Waals surface area contributed by atoms with Crippen molar-refractivity contribution in [3.63, 3.8) is 0 Å². The van der Waals surface area contributed by atoms with Crippen LogP contribution in [0.1, 0.15) is 18.2 Å². The van der Waals surface area contributed by atoms with E-state index in [1.54, 1.807) is 0 Å². The first-order valence-electron chi connectivity index (χ1n) is 8.04. The molecule has 24 heavy (non-hydrogen) atoms. The largest absolute Gasteiger partial charge is 0.383 e. The monoisotopic (exact) mass is 338 g/mol. The van der Waals surface area contributed by atoms with Crippen molar-refractivity contribution in [2.45, 2.75) is 19.9 Å². The average molecular weight is 339 g/mol. The molecule has 2 aromatic heterocycles. The first-order valence-corrected chi connectivity index (χ1v) is 8.41. The Kier molecular flexibility index (Phi) is 3.69. The van der Waals surface area contributed by atoms with Gasteiger partial charge in [0.2, 0.25) is 0 Å². The van der Waals surface area contributed by atoms with Crippen LogP contribution in [0.5, 0.6) is 0 Å². The predicted octanol–water partition coefficient (Wildman–Crippen LogP) is 4.47. The molecule has 122 valence electrons. The van der Waals surface area contributed by atoms with Crippen molar-refractivity contribution in [1.29, 1.82) is 0 Å². The number of pyridine rings is 1. The number of halogens is 1. The van der Waals surface area contributed by atoms with Crippen LogP contribution in [0.15, 0.2) is 42.7 Å². The lowest BCUT2D eigenvalue weighted by molar-refractivity contribution is 0.798. The van der Waals surface area contributed by atoms with Crippen molar-refractivity contribution in [2.75, 3.05) is 11.9 Å². The van der Waals surface area contributed by atoms with E-state index in [4.69, 9.17) is 11.6 Å². The van der Waals surface area contributed by atoms with Gasteiger partial charge in [-0.1, -0.05) is 18.2 Å². The SMILES string of the molecule is C=C(C)NCc1cc2cc(Cl)c(-c3cnc4c(c3)CCN4)cc2[nH]1. The summed E-state index contributed by atoms with van der Waals surface area (Å²) in [4.78, 5) is 7.96. The van der Waals surface area contributed by atoms with E-state index in [9.17, 15) is 0 Å². The number of rotatable bonds is 4. The third kappa shape index (κ3) is 2.74. The Morgan fingerprint density at radius 2 is 2.21 bits per heavy atom. The molecule has 0 spiro atoms. The molecule has 4 rings (SSSR count). The van der Waals surface area contributed by atoms with Gasteiger partial charge < -0.3 is 15.6 Å². The molecule has 5 heteroatoms. The fourth-order valence-corrected chi connectivity index (χ4v) is 3.38. The highest BCUT2D eigenvalue weighted by molar-refractivity contribution is 6.34. The van der Waals surface area contributed by atoms with Crippen molar-refractivity contribution < 1.29 is 0 Å². The standard InChI is InChI=1S/C19H19ClN4/c1-11(2)22-10-15-6-13-7-17(20)16(8-18(13)24-15)14-5-12-3-4-21-19(12)23-9-14/h5-9,22,24H,1,3-4,10H2,2H3,(H,21,23). The smallest absolute Gasteiger partial charge is 0.129 e. The summed E-state index contributed by atoms with van der Waals surface area (Å²) in [6.45, 7) is 7.49. The molecule has 0 radical (unpaired) electrons. The molecule has 3 N–H and O–H groups in total. The second kappa shape index (κ2) is 5.87. The number of H-pyrrole nitrogens is 1. The van der Waals surface area contributed by atoms with Gasteiger partial charge in [-0.25, -0.2) is 4.98 Å². The molecule has 1 aromatic carbocycles. The number of nitrogens with zero attached hydrogens (tertiary/aromatic N) is 1. The highest BCUT2D eigenvalue weighted by Gasteiger charge is 2.14. The van der Waals surface area contributed by atoms with Crippen LogP contribution in [0.4, 0.5) is 5.82 Å². The minimum absolute atomic E-state index is 0.725. The number of anilines is 1. The lowest BCUT2D eigenvalue weighted by Crippen LogP contribution is -2.09. The number of allylic oxidation sites excluding steroid dienone is 1. The van der Waals surface area contributed by atoms with E-state index < -0.39 is 0 Å². The second-order valence-electron chi connectivity index (χ2n) is 6.26. The molecule has 4 nitrogen and oxygen atoms in total. The fourth-order valence-electron chi connectivity index (χ4n) is 3.10. The summed E-state index contributed by atoms with van der Waals surface area (Å²) in [5.41, 5.74) is 6.45. The summed E-state index contributed by atoms with van der Waals surface area (Å²) in [6, 6.07) is 8.42. The van der Waals surface area contributed by atoms with Crippen molar-refractivity contribution in [3.8, 4) is 11.1 Å². The Balaban J connectivity index is 1.73. The maximum absolute atomic E-state index is 6.54. The number of fused-ring (bicyclic) bond motifs is 2. The topological polar surface area (TPSA) is 52.7 Å². The molecule has 3 heterocycles. The molecule has 0 unspecified atom stereocenters. The number of aromatic nitrogens is 2. The number of nitrogens with one attached hydrogen (secondary N) is 3. The molecule has 0 aliphatic carbocycles. The highest BCUT2D eigenvalue weighted by Crippen LogP contribution is 2.34. The number of aromatic amines is 1. The van der Waals surface area contributed by atoms with E-state index in [2.05, 4.69) is 45.4 Å². The third-order valence-electron chi connectivity index (χ3n) is 4.31. The van der Waals surface area contributed by atoms with Crippen LogP contribution in [0.3, 0.4) is 0 Å². The molecule has 0 fully saturated rings. The maximum atomic E-state index is 6.54. The normalized spacial score (nSPS) is 12.9. The number of hydrogen-bond donors (Lipinski definition) is 3. The Bertz CT molecular complexity index is 942. The van der Waals surface area contributed by atoms with Gasteiger partial charge in [0.1, 0.15) is 5.82 Å². The van der Waals surface area contributed by atoms with Crippen molar-refractivity contribution in [3.05, 3.63) is 59.0 Å². The first kappa shape index (κ1) is 15.1. The Hall–Kier alpha value is -2.46. The van der Waals surface area contributed by atoms with E-state index in [1.807, 2.05) is 19.2 Å². The molecule has 0 bridgehead atoms. The van der Waals surface area contributed by atoms with Crippen molar-refractivity contribution in [1.82, 2.24) is 15.3 Å². The van der Waals surface area contributed by atoms with E-state index in [0.717, 1.165) is 63.8 Å². The van der Waals surface area contributed by atoms with Gasteiger partial charge in [0.05, 0.1) is 6.54 Å². The summed E-state index contributed by atoms with van der Waals surface area (Å²) in [5.74, 6) is 0.990. The van der Waals surface area contributed by atoms with Gasteiger partial charge >= 0.3 is 0 Å². The predicted molar refractivity (Wildman–Crippen MR) is 100 cm³/mol. The van der Waals surface area contributed by atoms with Gasteiger partial charge in [-0.15, -0.1) is 0 Å². The van der Waals surface area contributed by atoms with E-state index >= 15 is 0 Å². The van der Waals surface area contributed by atoms with E-state index in [0.29, 0.717) is 0 Å². The Labute approximate surface area is 145 Å². The fraction of sp³-hybridized carbons (Fsp3) is 0.211. The lowest BCUT2D eigenvalue weighted by Gasteiger charge is -2.07. The highest BCUT2D eigenvalue weighted by atomic mass is 35.5. The zero-order chi connectivity index (χ0) is 16.7. The Morgan fingerprint density at radius 1 is 1.33 bits per heavy atom. The molecule has 0 saturated carbocycles. The average Bonchev–Trinajstić information content (AvgIpc) is 3.17. The summed E-state index contributed by atoms with van der Waals surface area (Å²) >= 11 is 6.54. The zero-order valence-electron chi connectivity index (χ0n) is 13.5. The zero-order valence-corrected chi connectivity index (χ0v) is 14.3. The summed E-state index contributed by atoms with van der Waals surface area (Å²) in [6.07, 6.45) is 2.89. The van der Waals surface area contributed by atoms with Gasteiger partial charge in [0.15, 0.2) is 0 Å². The van der Waals surface area contributed by atoms with Crippen LogP contribution >= 0.6 is 11.6 Å². The minimum Gasteiger partial charge on any atom is -0.383 e. The van der Waals surface area contributed by atoms with Crippen LogP contribution in [0.25, 0.3) is 22.0 Å². The second-order valence-corrected chi connectivity index (χ2v) is 6.66. The third-order valence-corrected chi connectivity index (χ3v) is 4.62. The van der Waals surface area contributed by atoms with Crippen molar-refractivity contribution >= 4 is 28.3 Å². The molecule has 3 aromatic rings.